The number of aliphatic hydroxyl groups is 1. The quantitative estimate of drug-likeness (QED) is 0.758. The normalized spacial score (nSPS) is 26.4. The number of carbonyl (C=O) groups excluding carboxylic acids is 1. The summed E-state index contributed by atoms with van der Waals surface area (Å²) in [5.41, 5.74) is 1.53. The molecule has 3 heteroatoms. The Morgan fingerprint density at radius 3 is 2.56 bits per heavy atom. The van der Waals surface area contributed by atoms with Gasteiger partial charge in [0.2, 0.25) is 5.12 Å². The topological polar surface area (TPSA) is 37.3 Å². The third-order valence-corrected chi connectivity index (χ3v) is 4.27. The summed E-state index contributed by atoms with van der Waals surface area (Å²) in [5.74, 6) is 0.230. The van der Waals surface area contributed by atoms with E-state index in [1.54, 1.807) is 6.08 Å². The van der Waals surface area contributed by atoms with Crippen LogP contribution in [0, 0.1) is 0 Å². The second kappa shape index (κ2) is 4.91. The molecule has 1 N–H and O–H groups in total. The molecule has 0 saturated heterocycles. The van der Waals surface area contributed by atoms with Crippen LogP contribution in [0.25, 0.3) is 0 Å². The molecule has 0 aromatic carbocycles. The van der Waals surface area contributed by atoms with Gasteiger partial charge in [-0.3, -0.25) is 4.79 Å². The summed E-state index contributed by atoms with van der Waals surface area (Å²) in [6, 6.07) is 0. The third kappa shape index (κ3) is 2.09. The van der Waals surface area contributed by atoms with Crippen molar-refractivity contribution in [1.29, 1.82) is 0 Å². The van der Waals surface area contributed by atoms with Crippen molar-refractivity contribution < 1.29 is 9.90 Å². The molecule has 88 valence electrons. The van der Waals surface area contributed by atoms with Crippen LogP contribution < -0.4 is 0 Å². The first-order chi connectivity index (χ1) is 7.50. The molecule has 0 aromatic heterocycles. The van der Waals surface area contributed by atoms with E-state index in [-0.39, 0.29) is 10.9 Å². The van der Waals surface area contributed by atoms with Gasteiger partial charge in [-0.2, -0.15) is 0 Å². The average molecular weight is 238 g/mol. The van der Waals surface area contributed by atoms with Gasteiger partial charge in [-0.25, -0.2) is 0 Å². The first-order valence-electron chi connectivity index (χ1n) is 5.48. The Bertz CT molecular complexity index is 379. The Hall–Kier alpha value is -0.960. The molecule has 1 aliphatic heterocycles. The molecule has 0 aliphatic carbocycles. The highest BCUT2D eigenvalue weighted by Gasteiger charge is 2.43. The summed E-state index contributed by atoms with van der Waals surface area (Å²) < 4.78 is -0.569. The number of carbonyl (C=O) groups is 1. The van der Waals surface area contributed by atoms with E-state index in [0.29, 0.717) is 18.4 Å². The second-order valence-electron chi connectivity index (χ2n) is 3.91. The number of hydrogen-bond acceptors (Lipinski definition) is 3. The molecule has 0 radical (unpaired) electrons. The summed E-state index contributed by atoms with van der Waals surface area (Å²) in [7, 11) is 0. The highest BCUT2D eigenvalue weighted by molar-refractivity contribution is 8.16. The van der Waals surface area contributed by atoms with Crippen LogP contribution in [0.5, 0.6) is 0 Å². The lowest BCUT2D eigenvalue weighted by atomic mass is 9.96. The van der Waals surface area contributed by atoms with Crippen molar-refractivity contribution in [2.24, 2.45) is 0 Å². The molecule has 1 atom stereocenters. The molecule has 1 unspecified atom stereocenters. The van der Waals surface area contributed by atoms with E-state index >= 15 is 0 Å². The molecule has 0 aromatic rings. The zero-order valence-electron chi connectivity index (χ0n) is 10.0. The van der Waals surface area contributed by atoms with Gasteiger partial charge in [-0.15, -0.1) is 0 Å². The predicted octanol–water partition coefficient (Wildman–Crippen LogP) is 3.76. The largest absolute Gasteiger partial charge is 0.510 e. The first kappa shape index (κ1) is 13.1. The van der Waals surface area contributed by atoms with Crippen molar-refractivity contribution in [2.45, 2.75) is 38.4 Å². The molecule has 0 fully saturated rings. The Kier molecular flexibility index (Phi) is 4.03. The summed E-state index contributed by atoms with van der Waals surface area (Å²) in [5, 5.41) is 10.2. The lowest BCUT2D eigenvalue weighted by molar-refractivity contribution is -0.107. The van der Waals surface area contributed by atoms with Crippen LogP contribution in [-0.2, 0) is 4.79 Å². The monoisotopic (exact) mass is 238 g/mol. The minimum absolute atomic E-state index is 0.00466. The molecule has 0 amide bonds. The maximum Gasteiger partial charge on any atom is 0.220 e. The summed E-state index contributed by atoms with van der Waals surface area (Å²) in [4.78, 5) is 11.8. The predicted molar refractivity (Wildman–Crippen MR) is 69.5 cm³/mol. The number of rotatable bonds is 4. The fourth-order valence-corrected chi connectivity index (χ4v) is 3.11. The number of aliphatic hydroxyl groups excluding tert-OH is 1. The van der Waals surface area contributed by atoms with Crippen LogP contribution in [0.2, 0.25) is 0 Å². The summed E-state index contributed by atoms with van der Waals surface area (Å²) in [6.45, 7) is 9.48. The van der Waals surface area contributed by atoms with Crippen LogP contribution in [0.15, 0.2) is 35.6 Å². The maximum atomic E-state index is 11.8. The van der Waals surface area contributed by atoms with E-state index < -0.39 is 4.75 Å². The SMILES string of the molecule is C=C/C(C)=C/C1(CC)SC(=O)C(CC)=C1O. The summed E-state index contributed by atoms with van der Waals surface area (Å²) in [6.07, 6.45) is 4.95. The fourth-order valence-electron chi connectivity index (χ4n) is 1.81. The van der Waals surface area contributed by atoms with Gasteiger partial charge in [0.15, 0.2) is 0 Å². The molecule has 2 nitrogen and oxygen atoms in total. The number of allylic oxidation sites excluding steroid dienone is 2. The molecule has 1 heterocycles. The van der Waals surface area contributed by atoms with E-state index in [1.807, 2.05) is 26.8 Å². The van der Waals surface area contributed by atoms with Crippen LogP contribution in [0.1, 0.15) is 33.6 Å². The number of hydrogen-bond donors (Lipinski definition) is 1. The van der Waals surface area contributed by atoms with Crippen molar-refractivity contribution in [3.05, 3.63) is 35.6 Å². The van der Waals surface area contributed by atoms with Gasteiger partial charge in [0.05, 0.1) is 4.75 Å². The Morgan fingerprint density at radius 1 is 1.56 bits per heavy atom. The first-order valence-corrected chi connectivity index (χ1v) is 6.30. The molecule has 0 spiro atoms. The molecular formula is C13H18O2S. The maximum absolute atomic E-state index is 11.8. The van der Waals surface area contributed by atoms with Gasteiger partial charge in [-0.1, -0.05) is 49.9 Å². The van der Waals surface area contributed by atoms with Crippen LogP contribution in [0.4, 0.5) is 0 Å². The van der Waals surface area contributed by atoms with Crippen molar-refractivity contribution in [3.63, 3.8) is 0 Å². The zero-order valence-corrected chi connectivity index (χ0v) is 10.9. The second-order valence-corrected chi connectivity index (χ2v) is 5.21. The lowest BCUT2D eigenvalue weighted by Crippen LogP contribution is -2.21. The Balaban J connectivity index is 3.23. The smallest absolute Gasteiger partial charge is 0.220 e. The van der Waals surface area contributed by atoms with E-state index in [0.717, 1.165) is 5.57 Å². The zero-order chi connectivity index (χ0) is 12.3. The van der Waals surface area contributed by atoms with E-state index in [4.69, 9.17) is 0 Å². The highest BCUT2D eigenvalue weighted by atomic mass is 32.2. The standard InChI is InChI=1S/C13H18O2S/c1-5-9(4)8-13(7-3)11(14)10(6-2)12(15)16-13/h5,8,14H,1,6-7H2,2-4H3/b9-8+. The van der Waals surface area contributed by atoms with Gasteiger partial charge in [0.25, 0.3) is 0 Å². The van der Waals surface area contributed by atoms with Crippen LogP contribution >= 0.6 is 11.8 Å². The van der Waals surface area contributed by atoms with Gasteiger partial charge in [-0.05, 0) is 19.8 Å². The van der Waals surface area contributed by atoms with Crippen molar-refractivity contribution in [1.82, 2.24) is 0 Å². The molecule has 1 aliphatic rings. The molecule has 1 rings (SSSR count). The van der Waals surface area contributed by atoms with Crippen molar-refractivity contribution in [3.8, 4) is 0 Å². The lowest BCUT2D eigenvalue weighted by Gasteiger charge is -2.22. The molecule has 16 heavy (non-hydrogen) atoms. The van der Waals surface area contributed by atoms with Gasteiger partial charge < -0.3 is 5.11 Å². The molecule has 0 saturated carbocycles. The van der Waals surface area contributed by atoms with Gasteiger partial charge in [0, 0.05) is 5.57 Å². The summed E-state index contributed by atoms with van der Waals surface area (Å²) >= 11 is 1.21. The van der Waals surface area contributed by atoms with E-state index in [1.165, 1.54) is 11.8 Å². The Morgan fingerprint density at radius 2 is 2.19 bits per heavy atom. The van der Waals surface area contributed by atoms with E-state index in [2.05, 4.69) is 6.58 Å². The Labute approximate surface area is 101 Å². The van der Waals surface area contributed by atoms with Crippen LogP contribution in [-0.4, -0.2) is 15.0 Å². The number of thioether (sulfide) groups is 1. The minimum Gasteiger partial charge on any atom is -0.510 e. The van der Waals surface area contributed by atoms with E-state index in [9.17, 15) is 9.90 Å². The fraction of sp³-hybridized carbons (Fsp3) is 0.462. The van der Waals surface area contributed by atoms with Crippen molar-refractivity contribution >= 4 is 16.9 Å². The van der Waals surface area contributed by atoms with Gasteiger partial charge in [0.1, 0.15) is 5.76 Å². The van der Waals surface area contributed by atoms with Crippen molar-refractivity contribution in [2.75, 3.05) is 0 Å². The van der Waals surface area contributed by atoms with Gasteiger partial charge >= 0.3 is 0 Å². The highest BCUT2D eigenvalue weighted by Crippen LogP contribution is 2.47. The average Bonchev–Trinajstić information content (AvgIpc) is 2.50. The molecule has 0 bridgehead atoms. The van der Waals surface area contributed by atoms with Crippen LogP contribution in [0.3, 0.4) is 0 Å². The third-order valence-electron chi connectivity index (χ3n) is 2.87. The minimum atomic E-state index is -0.569. The molecular weight excluding hydrogens is 220 g/mol.